The zero-order valence-corrected chi connectivity index (χ0v) is 11.4. The molecule has 22 heavy (non-hydrogen) atoms. The lowest BCUT2D eigenvalue weighted by atomic mass is 10.1. The van der Waals surface area contributed by atoms with Gasteiger partial charge in [0.1, 0.15) is 0 Å². The fourth-order valence-corrected chi connectivity index (χ4v) is 3.91. The number of hydrogen-bond donors (Lipinski definition) is 0. The van der Waals surface area contributed by atoms with Crippen LogP contribution in [0.15, 0.2) is 28.8 Å². The highest BCUT2D eigenvalue weighted by atomic mass is 32.2. The summed E-state index contributed by atoms with van der Waals surface area (Å²) < 4.78 is 12.2. The van der Waals surface area contributed by atoms with Gasteiger partial charge in [0, 0.05) is 18.6 Å². The summed E-state index contributed by atoms with van der Waals surface area (Å²) in [5.41, 5.74) is -0.435. The quantitative estimate of drug-likeness (QED) is 0.606. The van der Waals surface area contributed by atoms with E-state index >= 15 is 0 Å². The lowest BCUT2D eigenvalue weighted by molar-refractivity contribution is -0.410. The molecule has 0 radical (unpaired) electrons. The molecular formula is C11H5N3O7S. The molecule has 0 bridgehead atoms. The number of rotatable bonds is 3. The summed E-state index contributed by atoms with van der Waals surface area (Å²) in [7, 11) is -2.13. The third kappa shape index (κ3) is 1.83. The van der Waals surface area contributed by atoms with E-state index in [9.17, 15) is 34.6 Å². The molecule has 1 aromatic carbocycles. The summed E-state index contributed by atoms with van der Waals surface area (Å²) in [5, 5.41) is 32.3. The Morgan fingerprint density at radius 1 is 1.00 bits per heavy atom. The molecule has 0 N–H and O–H groups in total. The van der Waals surface area contributed by atoms with E-state index in [0.717, 1.165) is 18.2 Å². The molecule has 0 amide bonds. The molecule has 0 spiro atoms. The highest BCUT2D eigenvalue weighted by Gasteiger charge is 2.42. The standard InChI is InChI=1S/C11H5N3O7S/c15-12(16)7-2-5-1-6-3-9(14(19)20)22(21)11(6)10(5)8(4-7)13(17)18/h2-4H,1H2. The van der Waals surface area contributed by atoms with Crippen molar-refractivity contribution in [2.75, 3.05) is 0 Å². The van der Waals surface area contributed by atoms with Gasteiger partial charge in [-0.05, 0) is 11.1 Å². The van der Waals surface area contributed by atoms with Crippen molar-refractivity contribution in [3.63, 3.8) is 0 Å². The molecule has 1 atom stereocenters. The minimum atomic E-state index is -2.13. The maximum Gasteiger partial charge on any atom is 0.337 e. The SMILES string of the molecule is O=[N+]([O-])C1=CC2=C(c3c(cc([N+](=O)[O-])cc3[N+](=O)[O-])C2)S1=O. The maximum atomic E-state index is 12.2. The van der Waals surface area contributed by atoms with Crippen molar-refractivity contribution >= 4 is 27.1 Å². The number of nitrogens with zero attached hydrogens (tertiary/aromatic N) is 3. The second kappa shape index (κ2) is 4.53. The normalized spacial score (nSPS) is 18.7. The average molecular weight is 323 g/mol. The van der Waals surface area contributed by atoms with E-state index in [0.29, 0.717) is 5.57 Å². The Morgan fingerprint density at radius 2 is 1.68 bits per heavy atom. The van der Waals surface area contributed by atoms with Gasteiger partial charge in [0.25, 0.3) is 11.4 Å². The number of nitro benzene ring substituents is 2. The topological polar surface area (TPSA) is 146 Å². The van der Waals surface area contributed by atoms with Gasteiger partial charge in [-0.25, -0.2) is 4.21 Å². The Kier molecular flexibility index (Phi) is 2.88. The molecule has 10 nitrogen and oxygen atoms in total. The van der Waals surface area contributed by atoms with Crippen LogP contribution in [0.5, 0.6) is 0 Å². The van der Waals surface area contributed by atoms with Crippen molar-refractivity contribution in [2.45, 2.75) is 6.42 Å². The van der Waals surface area contributed by atoms with Gasteiger partial charge < -0.3 is 0 Å². The van der Waals surface area contributed by atoms with E-state index in [1.54, 1.807) is 0 Å². The smallest absolute Gasteiger partial charge is 0.258 e. The van der Waals surface area contributed by atoms with Crippen LogP contribution in [0, 0.1) is 30.3 Å². The summed E-state index contributed by atoms with van der Waals surface area (Å²) in [4.78, 5) is 30.4. The lowest BCUT2D eigenvalue weighted by Crippen LogP contribution is -2.06. The molecule has 0 saturated carbocycles. The molecular weight excluding hydrogens is 318 g/mol. The molecule has 11 heteroatoms. The number of fused-ring (bicyclic) bond motifs is 2. The first-order valence-electron chi connectivity index (χ1n) is 5.78. The van der Waals surface area contributed by atoms with Gasteiger partial charge in [-0.2, -0.15) is 0 Å². The van der Waals surface area contributed by atoms with E-state index in [4.69, 9.17) is 0 Å². The van der Waals surface area contributed by atoms with Crippen molar-refractivity contribution in [2.24, 2.45) is 0 Å². The Hall–Kier alpha value is -2.95. The lowest BCUT2D eigenvalue weighted by Gasteiger charge is -2.04. The minimum absolute atomic E-state index is 0.00305. The van der Waals surface area contributed by atoms with Crippen LogP contribution >= 0.6 is 0 Å². The zero-order chi connectivity index (χ0) is 16.2. The van der Waals surface area contributed by atoms with Crippen LogP contribution < -0.4 is 0 Å². The minimum Gasteiger partial charge on any atom is -0.258 e. The highest BCUT2D eigenvalue weighted by molar-refractivity contribution is 7.98. The first-order chi connectivity index (χ1) is 10.3. The number of allylic oxidation sites excluding steroid dienone is 2. The van der Waals surface area contributed by atoms with E-state index in [2.05, 4.69) is 0 Å². The maximum absolute atomic E-state index is 12.2. The summed E-state index contributed by atoms with van der Waals surface area (Å²) >= 11 is 0. The summed E-state index contributed by atoms with van der Waals surface area (Å²) in [6, 6.07) is 1.94. The first kappa shape index (κ1) is 14.0. The molecule has 0 fully saturated rings. The van der Waals surface area contributed by atoms with Gasteiger partial charge in [-0.15, -0.1) is 0 Å². The fourth-order valence-electron chi connectivity index (χ4n) is 2.52. The van der Waals surface area contributed by atoms with Crippen molar-refractivity contribution in [1.29, 1.82) is 0 Å². The van der Waals surface area contributed by atoms with Crippen LogP contribution in [0.4, 0.5) is 11.4 Å². The predicted octanol–water partition coefficient (Wildman–Crippen LogP) is 1.65. The monoisotopic (exact) mass is 323 g/mol. The van der Waals surface area contributed by atoms with Crippen LogP contribution in [-0.4, -0.2) is 19.0 Å². The number of non-ortho nitro benzene ring substituents is 1. The molecule has 2 aliphatic rings. The van der Waals surface area contributed by atoms with Gasteiger partial charge in [-0.3, -0.25) is 30.3 Å². The third-order valence-corrected chi connectivity index (χ3v) is 4.83. The van der Waals surface area contributed by atoms with Gasteiger partial charge in [0.05, 0.1) is 31.3 Å². The number of hydrogen-bond acceptors (Lipinski definition) is 7. The molecule has 3 rings (SSSR count). The Balaban J connectivity index is 2.21. The summed E-state index contributed by atoms with van der Waals surface area (Å²) in [5.74, 6) is 0. The molecule has 0 saturated heterocycles. The fraction of sp³-hybridized carbons (Fsp3) is 0.0909. The second-order valence-corrected chi connectivity index (χ2v) is 5.92. The van der Waals surface area contributed by atoms with E-state index in [1.165, 1.54) is 0 Å². The van der Waals surface area contributed by atoms with Crippen molar-refractivity contribution < 1.29 is 19.0 Å². The predicted molar refractivity (Wildman–Crippen MR) is 73.6 cm³/mol. The van der Waals surface area contributed by atoms with Gasteiger partial charge in [-0.1, -0.05) is 0 Å². The number of nitro groups is 3. The molecule has 1 aliphatic heterocycles. The second-order valence-electron chi connectivity index (χ2n) is 4.55. The van der Waals surface area contributed by atoms with E-state index < -0.39 is 42.0 Å². The van der Waals surface area contributed by atoms with Crippen LogP contribution in [-0.2, 0) is 17.2 Å². The van der Waals surface area contributed by atoms with Crippen molar-refractivity contribution in [1.82, 2.24) is 0 Å². The Labute approximate surface area is 123 Å². The summed E-state index contributed by atoms with van der Waals surface area (Å²) in [6.45, 7) is 0. The van der Waals surface area contributed by atoms with E-state index in [-0.39, 0.29) is 22.5 Å². The average Bonchev–Trinajstić information content (AvgIpc) is 2.94. The number of benzene rings is 1. The van der Waals surface area contributed by atoms with Crippen molar-refractivity contribution in [3.05, 3.63) is 70.3 Å². The van der Waals surface area contributed by atoms with Gasteiger partial charge in [0.15, 0.2) is 10.8 Å². The molecule has 1 aliphatic carbocycles. The van der Waals surface area contributed by atoms with Crippen LogP contribution in [0.2, 0.25) is 0 Å². The molecule has 1 aromatic rings. The Bertz CT molecular complexity index is 871. The molecule has 112 valence electrons. The van der Waals surface area contributed by atoms with Crippen LogP contribution in [0.1, 0.15) is 11.1 Å². The van der Waals surface area contributed by atoms with Crippen LogP contribution in [0.25, 0.3) is 4.91 Å². The molecule has 1 heterocycles. The molecule has 0 aromatic heterocycles. The van der Waals surface area contributed by atoms with Crippen LogP contribution in [0.3, 0.4) is 0 Å². The van der Waals surface area contributed by atoms with Gasteiger partial charge in [0.2, 0.25) is 0 Å². The highest BCUT2D eigenvalue weighted by Crippen LogP contribution is 2.47. The van der Waals surface area contributed by atoms with E-state index in [1.807, 2.05) is 0 Å². The largest absolute Gasteiger partial charge is 0.337 e. The first-order valence-corrected chi connectivity index (χ1v) is 6.93. The van der Waals surface area contributed by atoms with Gasteiger partial charge >= 0.3 is 5.03 Å². The summed E-state index contributed by atoms with van der Waals surface area (Å²) in [6.07, 6.45) is 1.15. The zero-order valence-electron chi connectivity index (χ0n) is 10.5. The molecule has 1 unspecified atom stereocenters. The Morgan fingerprint density at radius 3 is 2.23 bits per heavy atom. The third-order valence-electron chi connectivity index (χ3n) is 3.34. The van der Waals surface area contributed by atoms with Crippen molar-refractivity contribution in [3.8, 4) is 0 Å².